The Labute approximate surface area is 151 Å². The number of halogens is 1. The van der Waals surface area contributed by atoms with Gasteiger partial charge in [0.15, 0.2) is 0 Å². The highest BCUT2D eigenvalue weighted by Crippen LogP contribution is 2.32. The summed E-state index contributed by atoms with van der Waals surface area (Å²) in [6, 6.07) is 20.3. The van der Waals surface area contributed by atoms with E-state index in [1.54, 1.807) is 12.1 Å². The number of anilines is 1. The van der Waals surface area contributed by atoms with E-state index in [0.717, 1.165) is 18.7 Å². The predicted molar refractivity (Wildman–Crippen MR) is 99.3 cm³/mol. The Morgan fingerprint density at radius 2 is 1.88 bits per heavy atom. The van der Waals surface area contributed by atoms with Crippen molar-refractivity contribution in [2.45, 2.75) is 12.6 Å². The summed E-state index contributed by atoms with van der Waals surface area (Å²) in [4.78, 5) is 14.7. The molecule has 4 rings (SSSR count). The molecule has 0 aliphatic carbocycles. The van der Waals surface area contributed by atoms with E-state index in [9.17, 15) is 9.18 Å². The minimum absolute atomic E-state index is 0.0261. The predicted octanol–water partition coefficient (Wildman–Crippen LogP) is 3.67. The van der Waals surface area contributed by atoms with Crippen molar-refractivity contribution in [2.24, 2.45) is 0 Å². The average molecular weight is 349 g/mol. The van der Waals surface area contributed by atoms with Crippen LogP contribution < -0.4 is 5.32 Å². The van der Waals surface area contributed by atoms with Crippen LogP contribution in [0.4, 0.5) is 10.1 Å². The van der Waals surface area contributed by atoms with Gasteiger partial charge in [-0.15, -0.1) is 0 Å². The summed E-state index contributed by atoms with van der Waals surface area (Å²) in [7, 11) is 0. The van der Waals surface area contributed by atoms with Crippen molar-refractivity contribution in [2.75, 3.05) is 18.4 Å². The van der Waals surface area contributed by atoms with Gasteiger partial charge in [-0.05, 0) is 35.9 Å². The molecule has 0 saturated carbocycles. The summed E-state index contributed by atoms with van der Waals surface area (Å²) >= 11 is 0. The number of carbonyl (C=O) groups is 1. The number of carbonyl (C=O) groups excluding carboxylic acids is 1. The molecule has 2 heterocycles. The fourth-order valence-corrected chi connectivity index (χ4v) is 3.57. The first-order valence-electron chi connectivity index (χ1n) is 8.70. The molecular formula is C21H20FN3O. The number of nitrogens with zero attached hydrogens (tertiary/aromatic N) is 2. The third-order valence-electron chi connectivity index (χ3n) is 4.71. The molecule has 0 bridgehead atoms. The number of rotatable bonds is 4. The van der Waals surface area contributed by atoms with Crippen LogP contribution in [0.25, 0.3) is 0 Å². The molecule has 132 valence electrons. The molecule has 26 heavy (non-hydrogen) atoms. The van der Waals surface area contributed by atoms with Crippen molar-refractivity contribution in [3.63, 3.8) is 0 Å². The minimum Gasteiger partial charge on any atom is -0.348 e. The fraction of sp³-hybridized carbons (Fsp3) is 0.190. The molecule has 3 aromatic rings. The zero-order valence-electron chi connectivity index (χ0n) is 14.3. The first kappa shape index (κ1) is 16.5. The van der Waals surface area contributed by atoms with Crippen LogP contribution in [0.5, 0.6) is 0 Å². The Hall–Kier alpha value is -2.92. The van der Waals surface area contributed by atoms with Crippen molar-refractivity contribution in [3.8, 4) is 0 Å². The maximum atomic E-state index is 13.3. The van der Waals surface area contributed by atoms with Crippen molar-refractivity contribution >= 4 is 11.6 Å². The van der Waals surface area contributed by atoms with Gasteiger partial charge in [-0.3, -0.25) is 9.69 Å². The van der Waals surface area contributed by atoms with Gasteiger partial charge in [0.25, 0.3) is 0 Å². The number of benzene rings is 2. The molecule has 1 N–H and O–H groups in total. The van der Waals surface area contributed by atoms with E-state index in [4.69, 9.17) is 0 Å². The highest BCUT2D eigenvalue weighted by atomic mass is 19.1. The van der Waals surface area contributed by atoms with Crippen LogP contribution >= 0.6 is 0 Å². The lowest BCUT2D eigenvalue weighted by Gasteiger charge is -2.36. The molecule has 1 amide bonds. The molecule has 2 aromatic carbocycles. The normalized spacial score (nSPS) is 16.9. The summed E-state index contributed by atoms with van der Waals surface area (Å²) < 4.78 is 15.6. The molecule has 4 nitrogen and oxygen atoms in total. The summed E-state index contributed by atoms with van der Waals surface area (Å²) in [6.07, 6.45) is 2.08. The minimum atomic E-state index is -0.360. The van der Waals surface area contributed by atoms with E-state index in [1.807, 2.05) is 24.3 Å². The van der Waals surface area contributed by atoms with E-state index in [0.29, 0.717) is 5.69 Å². The molecule has 1 aromatic heterocycles. The first-order valence-corrected chi connectivity index (χ1v) is 8.70. The lowest BCUT2D eigenvalue weighted by Crippen LogP contribution is -2.42. The van der Waals surface area contributed by atoms with Gasteiger partial charge in [0.05, 0.1) is 12.6 Å². The van der Waals surface area contributed by atoms with Gasteiger partial charge >= 0.3 is 0 Å². The maximum absolute atomic E-state index is 13.3. The third-order valence-corrected chi connectivity index (χ3v) is 4.71. The third kappa shape index (κ3) is 3.39. The van der Waals surface area contributed by atoms with Crippen LogP contribution in [0.3, 0.4) is 0 Å². The monoisotopic (exact) mass is 349 g/mol. The summed E-state index contributed by atoms with van der Waals surface area (Å²) in [5, 5.41) is 2.79. The molecule has 0 radical (unpaired) electrons. The molecule has 0 saturated heterocycles. The number of aromatic nitrogens is 1. The molecule has 1 atom stereocenters. The number of fused-ring (bicyclic) bond motifs is 1. The van der Waals surface area contributed by atoms with Gasteiger partial charge in [0, 0.05) is 30.7 Å². The van der Waals surface area contributed by atoms with Crippen LogP contribution in [0.15, 0.2) is 72.9 Å². The van der Waals surface area contributed by atoms with Crippen molar-refractivity contribution in [3.05, 3.63) is 90.0 Å². The number of hydrogen-bond acceptors (Lipinski definition) is 2. The lowest BCUT2D eigenvalue weighted by atomic mass is 10.00. The van der Waals surface area contributed by atoms with Gasteiger partial charge in [0.1, 0.15) is 5.82 Å². The van der Waals surface area contributed by atoms with E-state index in [2.05, 4.69) is 39.2 Å². The van der Waals surface area contributed by atoms with Crippen molar-refractivity contribution < 1.29 is 9.18 Å². The smallest absolute Gasteiger partial charge is 0.238 e. The number of hydrogen-bond donors (Lipinski definition) is 1. The number of amides is 1. The topological polar surface area (TPSA) is 37.3 Å². The fourth-order valence-electron chi connectivity index (χ4n) is 3.57. The Morgan fingerprint density at radius 3 is 2.69 bits per heavy atom. The Bertz CT molecular complexity index is 906. The van der Waals surface area contributed by atoms with Crippen LogP contribution in [0.2, 0.25) is 0 Å². The summed E-state index contributed by atoms with van der Waals surface area (Å²) in [6.45, 7) is 1.87. The Balaban J connectivity index is 1.56. The average Bonchev–Trinajstić information content (AvgIpc) is 3.11. The molecule has 1 aliphatic heterocycles. The SMILES string of the molecule is O=C(CN1CCn2cccc2[C@H]1c1ccccc1)Nc1cccc(F)c1. The van der Waals surface area contributed by atoms with Crippen LogP contribution in [-0.4, -0.2) is 28.5 Å². The second-order valence-electron chi connectivity index (χ2n) is 6.47. The maximum Gasteiger partial charge on any atom is 0.238 e. The Morgan fingerprint density at radius 1 is 1.04 bits per heavy atom. The second-order valence-corrected chi connectivity index (χ2v) is 6.47. The molecular weight excluding hydrogens is 329 g/mol. The van der Waals surface area contributed by atoms with Crippen LogP contribution in [0.1, 0.15) is 17.3 Å². The molecule has 0 spiro atoms. The van der Waals surface area contributed by atoms with Crippen molar-refractivity contribution in [1.82, 2.24) is 9.47 Å². The van der Waals surface area contributed by atoms with Gasteiger partial charge in [-0.25, -0.2) is 4.39 Å². The second kappa shape index (κ2) is 7.14. The molecule has 0 fully saturated rings. The van der Waals surface area contributed by atoms with Gasteiger partial charge < -0.3 is 9.88 Å². The molecule has 1 aliphatic rings. The lowest BCUT2D eigenvalue weighted by molar-refractivity contribution is -0.117. The zero-order chi connectivity index (χ0) is 17.9. The standard InChI is InChI=1S/C21H20FN3O/c22-17-8-4-9-18(14-17)23-20(26)15-25-13-12-24-11-5-10-19(24)21(25)16-6-2-1-3-7-16/h1-11,14,21H,12-13,15H2,(H,23,26)/t21-/m1/s1. The van der Waals surface area contributed by atoms with E-state index in [-0.39, 0.29) is 24.3 Å². The quantitative estimate of drug-likeness (QED) is 0.780. The first-order chi connectivity index (χ1) is 12.7. The Kier molecular flexibility index (Phi) is 4.54. The van der Waals surface area contributed by atoms with E-state index in [1.165, 1.54) is 17.8 Å². The van der Waals surface area contributed by atoms with E-state index < -0.39 is 0 Å². The molecule has 0 unspecified atom stereocenters. The summed E-state index contributed by atoms with van der Waals surface area (Å²) in [5.74, 6) is -0.503. The van der Waals surface area contributed by atoms with Crippen LogP contribution in [-0.2, 0) is 11.3 Å². The number of nitrogens with one attached hydrogen (secondary N) is 1. The van der Waals surface area contributed by atoms with Crippen LogP contribution in [0, 0.1) is 5.82 Å². The van der Waals surface area contributed by atoms with Gasteiger partial charge in [-0.1, -0.05) is 36.4 Å². The summed E-state index contributed by atoms with van der Waals surface area (Å²) in [5.41, 5.74) is 2.82. The van der Waals surface area contributed by atoms with Gasteiger partial charge in [0.2, 0.25) is 5.91 Å². The largest absolute Gasteiger partial charge is 0.348 e. The van der Waals surface area contributed by atoms with Crippen molar-refractivity contribution in [1.29, 1.82) is 0 Å². The zero-order valence-corrected chi connectivity index (χ0v) is 14.3. The molecule has 5 heteroatoms. The van der Waals surface area contributed by atoms with E-state index >= 15 is 0 Å². The van der Waals surface area contributed by atoms with Gasteiger partial charge in [-0.2, -0.15) is 0 Å². The highest BCUT2D eigenvalue weighted by molar-refractivity contribution is 5.92. The highest BCUT2D eigenvalue weighted by Gasteiger charge is 2.29.